The Balaban J connectivity index is 2.95. The van der Waals surface area contributed by atoms with E-state index in [1.165, 1.54) is 5.57 Å². The molecule has 0 bridgehead atoms. The summed E-state index contributed by atoms with van der Waals surface area (Å²) in [7, 11) is -1.33. The lowest BCUT2D eigenvalue weighted by atomic mass is 10.1. The smallest absolute Gasteiger partial charge is 0.127 e. The number of hydrogen-bond donors (Lipinski definition) is 0. The first-order valence-corrected chi connectivity index (χ1v) is 10.3. The summed E-state index contributed by atoms with van der Waals surface area (Å²) < 4.78 is 0. The average molecular weight is 289 g/mol. The summed E-state index contributed by atoms with van der Waals surface area (Å²) >= 11 is 5.87. The summed E-state index contributed by atoms with van der Waals surface area (Å²) in [5.74, 6) is 3.32. The second-order valence-corrected chi connectivity index (χ2v) is 11.0. The summed E-state index contributed by atoms with van der Waals surface area (Å²) in [5.41, 5.74) is 6.90. The van der Waals surface area contributed by atoms with Crippen molar-refractivity contribution in [2.45, 2.75) is 33.5 Å². The second-order valence-electron chi connectivity index (χ2n) is 5.80. The standard InChI is InChI=1S/C17H21ClSi/c1-14(2)16(12-13-19(3,4)5)9-6-15-7-10-17(18)11-8-15/h6-11H,1-5H3/b9-6+. The van der Waals surface area contributed by atoms with Gasteiger partial charge in [-0.1, -0.05) is 60.9 Å². The van der Waals surface area contributed by atoms with Crippen LogP contribution in [-0.2, 0) is 0 Å². The predicted octanol–water partition coefficient (Wildman–Crippen LogP) is 5.57. The minimum atomic E-state index is -1.33. The molecule has 2 heteroatoms. The Kier molecular flexibility index (Phi) is 5.66. The van der Waals surface area contributed by atoms with Crippen LogP contribution in [0.4, 0.5) is 0 Å². The van der Waals surface area contributed by atoms with Gasteiger partial charge in [0.25, 0.3) is 0 Å². The van der Waals surface area contributed by atoms with E-state index >= 15 is 0 Å². The lowest BCUT2D eigenvalue weighted by Gasteiger charge is -2.04. The molecule has 0 radical (unpaired) electrons. The first-order valence-electron chi connectivity index (χ1n) is 6.42. The molecular weight excluding hydrogens is 268 g/mol. The highest BCUT2D eigenvalue weighted by molar-refractivity contribution is 6.83. The first kappa shape index (κ1) is 15.8. The molecule has 1 aromatic carbocycles. The fourth-order valence-electron chi connectivity index (χ4n) is 1.34. The van der Waals surface area contributed by atoms with Crippen molar-refractivity contribution in [3.05, 3.63) is 52.1 Å². The summed E-state index contributed by atoms with van der Waals surface area (Å²) in [6.45, 7) is 11.0. The molecule has 0 saturated heterocycles. The normalized spacial score (nSPS) is 11.1. The highest BCUT2D eigenvalue weighted by atomic mass is 35.5. The third-order valence-electron chi connectivity index (χ3n) is 2.42. The molecule has 0 N–H and O–H groups in total. The number of allylic oxidation sites excluding steroid dienone is 3. The van der Waals surface area contributed by atoms with Crippen molar-refractivity contribution in [2.24, 2.45) is 0 Å². The van der Waals surface area contributed by atoms with Crippen molar-refractivity contribution in [3.63, 3.8) is 0 Å². The van der Waals surface area contributed by atoms with Crippen LogP contribution < -0.4 is 0 Å². The minimum Gasteiger partial charge on any atom is -0.127 e. The Morgan fingerprint density at radius 3 is 2.16 bits per heavy atom. The fraction of sp³-hybridized carbons (Fsp3) is 0.294. The predicted molar refractivity (Wildman–Crippen MR) is 90.0 cm³/mol. The van der Waals surface area contributed by atoms with Crippen LogP contribution in [0.25, 0.3) is 6.08 Å². The molecule has 0 amide bonds. The molecule has 0 atom stereocenters. The van der Waals surface area contributed by atoms with Crippen molar-refractivity contribution < 1.29 is 0 Å². The maximum absolute atomic E-state index is 5.87. The van der Waals surface area contributed by atoms with Gasteiger partial charge in [0, 0.05) is 10.6 Å². The van der Waals surface area contributed by atoms with Gasteiger partial charge in [-0.25, -0.2) is 0 Å². The maximum Gasteiger partial charge on any atom is 0.129 e. The highest BCUT2D eigenvalue weighted by Crippen LogP contribution is 2.13. The molecule has 0 aliphatic heterocycles. The van der Waals surface area contributed by atoms with E-state index in [9.17, 15) is 0 Å². The highest BCUT2D eigenvalue weighted by Gasteiger charge is 2.07. The second kappa shape index (κ2) is 6.80. The lowest BCUT2D eigenvalue weighted by Crippen LogP contribution is -2.16. The minimum absolute atomic E-state index is 0.762. The number of benzene rings is 1. The molecule has 0 heterocycles. The largest absolute Gasteiger partial charge is 0.129 e. The average Bonchev–Trinajstić information content (AvgIpc) is 2.29. The topological polar surface area (TPSA) is 0 Å². The molecule has 1 aromatic rings. The molecule has 0 aliphatic rings. The number of hydrogen-bond acceptors (Lipinski definition) is 0. The molecule has 0 aromatic heterocycles. The zero-order valence-corrected chi connectivity index (χ0v) is 14.1. The number of rotatable bonds is 2. The van der Waals surface area contributed by atoms with Crippen molar-refractivity contribution in [2.75, 3.05) is 0 Å². The van der Waals surface area contributed by atoms with Crippen LogP contribution in [-0.4, -0.2) is 8.07 Å². The zero-order chi connectivity index (χ0) is 14.5. The van der Waals surface area contributed by atoms with Crippen LogP contribution in [0.2, 0.25) is 24.7 Å². The monoisotopic (exact) mass is 288 g/mol. The van der Waals surface area contributed by atoms with Crippen LogP contribution >= 0.6 is 11.6 Å². The van der Waals surface area contributed by atoms with Crippen LogP contribution in [0.5, 0.6) is 0 Å². The lowest BCUT2D eigenvalue weighted by molar-refractivity contribution is 1.36. The molecule has 0 saturated carbocycles. The summed E-state index contributed by atoms with van der Waals surface area (Å²) in [6.07, 6.45) is 4.17. The fourth-order valence-corrected chi connectivity index (χ4v) is 1.98. The van der Waals surface area contributed by atoms with Crippen molar-refractivity contribution in [3.8, 4) is 11.5 Å². The van der Waals surface area contributed by atoms with Gasteiger partial charge in [-0.2, -0.15) is 0 Å². The molecule has 0 nitrogen and oxygen atoms in total. The zero-order valence-electron chi connectivity index (χ0n) is 12.3. The molecule has 1 rings (SSSR count). The van der Waals surface area contributed by atoms with Gasteiger partial charge >= 0.3 is 0 Å². The quantitative estimate of drug-likeness (QED) is 0.379. The summed E-state index contributed by atoms with van der Waals surface area (Å²) in [6, 6.07) is 7.81. The van der Waals surface area contributed by atoms with E-state index in [2.05, 4.69) is 57.1 Å². The van der Waals surface area contributed by atoms with Crippen LogP contribution in [0.3, 0.4) is 0 Å². The maximum atomic E-state index is 5.87. The van der Waals surface area contributed by atoms with E-state index in [1.54, 1.807) is 0 Å². The molecular formula is C17H21ClSi. The summed E-state index contributed by atoms with van der Waals surface area (Å²) in [4.78, 5) is 0. The van der Waals surface area contributed by atoms with E-state index in [1.807, 2.05) is 24.3 Å². The Bertz CT molecular complexity index is 542. The van der Waals surface area contributed by atoms with Gasteiger partial charge in [-0.05, 0) is 37.6 Å². The Morgan fingerprint density at radius 2 is 1.68 bits per heavy atom. The van der Waals surface area contributed by atoms with E-state index in [0.717, 1.165) is 16.2 Å². The molecule has 19 heavy (non-hydrogen) atoms. The summed E-state index contributed by atoms with van der Waals surface area (Å²) in [5, 5.41) is 0.762. The van der Waals surface area contributed by atoms with E-state index < -0.39 is 8.07 Å². The molecule has 0 unspecified atom stereocenters. The Morgan fingerprint density at radius 1 is 1.11 bits per heavy atom. The Hall–Kier alpha value is -1.23. The van der Waals surface area contributed by atoms with E-state index in [4.69, 9.17) is 11.6 Å². The van der Waals surface area contributed by atoms with Crippen molar-refractivity contribution in [1.82, 2.24) is 0 Å². The van der Waals surface area contributed by atoms with Gasteiger partial charge in [-0.3, -0.25) is 0 Å². The van der Waals surface area contributed by atoms with Gasteiger partial charge in [-0.15, -0.1) is 5.54 Å². The van der Waals surface area contributed by atoms with E-state index in [0.29, 0.717) is 0 Å². The first-order chi connectivity index (χ1) is 8.78. The van der Waals surface area contributed by atoms with Crippen molar-refractivity contribution >= 4 is 25.8 Å². The molecule has 0 spiro atoms. The van der Waals surface area contributed by atoms with Gasteiger partial charge < -0.3 is 0 Å². The number of halogens is 1. The van der Waals surface area contributed by atoms with Crippen LogP contribution in [0.15, 0.2) is 41.5 Å². The van der Waals surface area contributed by atoms with Gasteiger partial charge in [0.05, 0.1) is 0 Å². The third kappa shape index (κ3) is 6.47. The van der Waals surface area contributed by atoms with Gasteiger partial charge in [0.2, 0.25) is 0 Å². The van der Waals surface area contributed by atoms with Gasteiger partial charge in [0.15, 0.2) is 0 Å². The third-order valence-corrected chi connectivity index (χ3v) is 3.55. The van der Waals surface area contributed by atoms with Crippen LogP contribution in [0, 0.1) is 11.5 Å². The SMILES string of the molecule is CC(C)=C(C#C[Si](C)(C)C)/C=C/c1ccc(Cl)cc1. The van der Waals surface area contributed by atoms with Gasteiger partial charge in [0.1, 0.15) is 8.07 Å². The molecule has 0 aliphatic carbocycles. The molecule has 100 valence electrons. The van der Waals surface area contributed by atoms with Crippen LogP contribution in [0.1, 0.15) is 19.4 Å². The van der Waals surface area contributed by atoms with E-state index in [-0.39, 0.29) is 0 Å². The van der Waals surface area contributed by atoms with Crippen molar-refractivity contribution in [1.29, 1.82) is 0 Å². The Labute approximate surface area is 123 Å². The molecule has 0 fully saturated rings.